The van der Waals surface area contributed by atoms with Gasteiger partial charge in [0.25, 0.3) is 0 Å². The molecule has 1 N–H and O–H groups in total. The van der Waals surface area contributed by atoms with E-state index in [2.05, 4.69) is 17.1 Å². The van der Waals surface area contributed by atoms with Crippen molar-refractivity contribution in [2.75, 3.05) is 64.8 Å². The predicted molar refractivity (Wildman–Crippen MR) is 132 cm³/mol. The molecule has 0 aromatic heterocycles. The van der Waals surface area contributed by atoms with Crippen LogP contribution in [-0.2, 0) is 16.0 Å². The molecule has 7 nitrogen and oxygen atoms in total. The van der Waals surface area contributed by atoms with E-state index in [0.717, 1.165) is 23.4 Å². The molecular formula is C25H33ClN4O3. The van der Waals surface area contributed by atoms with E-state index in [1.807, 2.05) is 53.2 Å². The van der Waals surface area contributed by atoms with E-state index in [9.17, 15) is 9.59 Å². The van der Waals surface area contributed by atoms with Gasteiger partial charge in [-0.1, -0.05) is 36.7 Å². The zero-order chi connectivity index (χ0) is 23.6. The van der Waals surface area contributed by atoms with Crippen molar-refractivity contribution in [2.45, 2.75) is 13.3 Å². The van der Waals surface area contributed by atoms with E-state index in [4.69, 9.17) is 16.3 Å². The fourth-order valence-electron chi connectivity index (χ4n) is 3.76. The predicted octanol–water partition coefficient (Wildman–Crippen LogP) is 3.00. The number of hydrogen-bond donors (Lipinski definition) is 1. The number of halogens is 1. The molecule has 178 valence electrons. The first-order chi connectivity index (χ1) is 15.9. The molecule has 2 amide bonds. The molecule has 0 aliphatic carbocycles. The van der Waals surface area contributed by atoms with Crippen molar-refractivity contribution in [3.63, 3.8) is 0 Å². The third-order valence-corrected chi connectivity index (χ3v) is 5.98. The van der Waals surface area contributed by atoms with E-state index < -0.39 is 0 Å². The summed E-state index contributed by atoms with van der Waals surface area (Å²) in [6.45, 7) is 6.55. The Bertz CT molecular complexity index is 914. The molecule has 1 aliphatic heterocycles. The molecule has 3 rings (SSSR count). The monoisotopic (exact) mass is 472 g/mol. The lowest BCUT2D eigenvalue weighted by Crippen LogP contribution is -2.52. The summed E-state index contributed by atoms with van der Waals surface area (Å²) in [6.07, 6.45) is 0.874. The van der Waals surface area contributed by atoms with Crippen LogP contribution in [0.4, 0.5) is 5.69 Å². The summed E-state index contributed by atoms with van der Waals surface area (Å²) in [4.78, 5) is 31.1. The van der Waals surface area contributed by atoms with Crippen LogP contribution in [0.3, 0.4) is 0 Å². The summed E-state index contributed by atoms with van der Waals surface area (Å²) in [6, 6.07) is 15.1. The number of rotatable bonds is 10. The standard InChI is InChI=1S/C25H33ClN4O3/c1-3-20-6-4-5-7-23(20)27-24(31)18-29-12-14-30(15-13-29)25(32)19-28(2)16-17-33-22-10-8-21(26)9-11-22/h4-11H,3,12-19H2,1-2H3,(H,27,31). The van der Waals surface area contributed by atoms with Gasteiger partial charge in [0.05, 0.1) is 13.1 Å². The van der Waals surface area contributed by atoms with Crippen molar-refractivity contribution in [2.24, 2.45) is 0 Å². The van der Waals surface area contributed by atoms with Gasteiger partial charge in [0.1, 0.15) is 12.4 Å². The third kappa shape index (κ3) is 8.03. The molecule has 2 aromatic rings. The van der Waals surface area contributed by atoms with E-state index >= 15 is 0 Å². The Morgan fingerprint density at radius 2 is 1.76 bits per heavy atom. The van der Waals surface area contributed by atoms with Gasteiger partial charge in [0, 0.05) is 43.4 Å². The first kappa shape index (κ1) is 25.0. The molecule has 0 atom stereocenters. The number of aryl methyl sites for hydroxylation is 1. The van der Waals surface area contributed by atoms with Gasteiger partial charge in [-0.25, -0.2) is 0 Å². The minimum absolute atomic E-state index is 0.0175. The van der Waals surface area contributed by atoms with Crippen LogP contribution in [0, 0.1) is 0 Å². The number of hydrogen-bond acceptors (Lipinski definition) is 5. The fourth-order valence-corrected chi connectivity index (χ4v) is 3.88. The second-order valence-electron chi connectivity index (χ2n) is 8.26. The minimum atomic E-state index is -0.0175. The number of amides is 2. The lowest BCUT2D eigenvalue weighted by Gasteiger charge is -2.35. The molecule has 0 saturated carbocycles. The van der Waals surface area contributed by atoms with E-state index in [1.165, 1.54) is 0 Å². The average molecular weight is 473 g/mol. The molecule has 1 heterocycles. The number of nitrogens with one attached hydrogen (secondary N) is 1. The smallest absolute Gasteiger partial charge is 0.238 e. The average Bonchev–Trinajstić information content (AvgIpc) is 2.81. The van der Waals surface area contributed by atoms with Gasteiger partial charge in [-0.3, -0.25) is 19.4 Å². The molecule has 0 spiro atoms. The molecule has 2 aromatic carbocycles. The number of ether oxygens (including phenoxy) is 1. The van der Waals surface area contributed by atoms with Gasteiger partial charge >= 0.3 is 0 Å². The largest absolute Gasteiger partial charge is 0.492 e. The lowest BCUT2D eigenvalue weighted by molar-refractivity contribution is -0.134. The molecule has 1 fully saturated rings. The second-order valence-corrected chi connectivity index (χ2v) is 8.69. The zero-order valence-electron chi connectivity index (χ0n) is 19.4. The molecular weight excluding hydrogens is 440 g/mol. The van der Waals surface area contributed by atoms with Gasteiger partial charge in [-0.2, -0.15) is 0 Å². The van der Waals surface area contributed by atoms with Crippen LogP contribution in [0.15, 0.2) is 48.5 Å². The number of benzene rings is 2. The van der Waals surface area contributed by atoms with E-state index in [1.54, 1.807) is 12.1 Å². The van der Waals surface area contributed by atoms with Crippen LogP contribution in [-0.4, -0.2) is 86.0 Å². The number of nitrogens with zero attached hydrogens (tertiary/aromatic N) is 3. The normalized spacial score (nSPS) is 14.4. The van der Waals surface area contributed by atoms with Crippen LogP contribution in [0.5, 0.6) is 5.75 Å². The highest BCUT2D eigenvalue weighted by Gasteiger charge is 2.23. The summed E-state index contributed by atoms with van der Waals surface area (Å²) in [7, 11) is 1.91. The maximum atomic E-state index is 12.7. The lowest BCUT2D eigenvalue weighted by atomic mass is 10.1. The van der Waals surface area contributed by atoms with Gasteiger partial charge in [0.2, 0.25) is 11.8 Å². The first-order valence-corrected chi connectivity index (χ1v) is 11.8. The molecule has 0 radical (unpaired) electrons. The van der Waals surface area contributed by atoms with Crippen LogP contribution in [0.1, 0.15) is 12.5 Å². The first-order valence-electron chi connectivity index (χ1n) is 11.4. The van der Waals surface area contributed by atoms with Crippen molar-refractivity contribution in [1.82, 2.24) is 14.7 Å². The van der Waals surface area contributed by atoms with Crippen molar-refractivity contribution in [3.8, 4) is 5.75 Å². The van der Waals surface area contributed by atoms with Gasteiger partial charge in [-0.15, -0.1) is 0 Å². The van der Waals surface area contributed by atoms with Gasteiger partial charge in [-0.05, 0) is 49.4 Å². The van der Waals surface area contributed by atoms with E-state index in [-0.39, 0.29) is 11.8 Å². The molecule has 0 unspecified atom stereocenters. The maximum absolute atomic E-state index is 12.7. The van der Waals surface area contributed by atoms with Gasteiger partial charge in [0.15, 0.2) is 0 Å². The highest BCUT2D eigenvalue weighted by molar-refractivity contribution is 6.30. The number of carbonyl (C=O) groups is 2. The number of carbonyl (C=O) groups excluding carboxylic acids is 2. The number of para-hydroxylation sites is 1. The Balaban J connectivity index is 1.34. The SMILES string of the molecule is CCc1ccccc1NC(=O)CN1CCN(C(=O)CN(C)CCOc2ccc(Cl)cc2)CC1. The Hall–Kier alpha value is -2.61. The van der Waals surface area contributed by atoms with Crippen LogP contribution in [0.25, 0.3) is 0 Å². The summed E-state index contributed by atoms with van der Waals surface area (Å²) < 4.78 is 5.70. The molecule has 33 heavy (non-hydrogen) atoms. The molecule has 1 saturated heterocycles. The fraction of sp³-hybridized carbons (Fsp3) is 0.440. The second kappa shape index (κ2) is 12.6. The van der Waals surface area contributed by atoms with E-state index in [0.29, 0.717) is 57.4 Å². The van der Waals surface area contributed by atoms with Crippen molar-refractivity contribution < 1.29 is 14.3 Å². The summed E-state index contributed by atoms with van der Waals surface area (Å²) in [5, 5.41) is 3.69. The molecule has 0 bridgehead atoms. The topological polar surface area (TPSA) is 65.1 Å². The maximum Gasteiger partial charge on any atom is 0.238 e. The third-order valence-electron chi connectivity index (χ3n) is 5.73. The summed E-state index contributed by atoms with van der Waals surface area (Å²) in [5.41, 5.74) is 2.01. The molecule has 8 heteroatoms. The van der Waals surface area contributed by atoms with Crippen LogP contribution >= 0.6 is 11.6 Å². The highest BCUT2D eigenvalue weighted by Crippen LogP contribution is 2.16. The summed E-state index contributed by atoms with van der Waals surface area (Å²) >= 11 is 5.88. The summed E-state index contributed by atoms with van der Waals surface area (Å²) in [5.74, 6) is 0.846. The Kier molecular flexibility index (Phi) is 9.54. The zero-order valence-corrected chi connectivity index (χ0v) is 20.2. The van der Waals surface area contributed by atoms with Crippen LogP contribution < -0.4 is 10.1 Å². The highest BCUT2D eigenvalue weighted by atomic mass is 35.5. The number of likely N-dealkylation sites (N-methyl/N-ethyl adjacent to an activating group) is 1. The Labute approximate surface area is 201 Å². The van der Waals surface area contributed by atoms with Crippen molar-refractivity contribution in [1.29, 1.82) is 0 Å². The van der Waals surface area contributed by atoms with Crippen LogP contribution in [0.2, 0.25) is 5.02 Å². The minimum Gasteiger partial charge on any atom is -0.492 e. The van der Waals surface area contributed by atoms with Gasteiger partial charge < -0.3 is 15.0 Å². The Morgan fingerprint density at radius 3 is 2.45 bits per heavy atom. The number of anilines is 1. The number of piperazine rings is 1. The van der Waals surface area contributed by atoms with Crippen molar-refractivity contribution in [3.05, 3.63) is 59.1 Å². The Morgan fingerprint density at radius 1 is 1.06 bits per heavy atom. The quantitative estimate of drug-likeness (QED) is 0.576. The molecule has 1 aliphatic rings. The van der Waals surface area contributed by atoms with Crippen molar-refractivity contribution >= 4 is 29.1 Å².